The van der Waals surface area contributed by atoms with Gasteiger partial charge in [0, 0.05) is 5.56 Å². The summed E-state index contributed by atoms with van der Waals surface area (Å²) < 4.78 is 13.0. The zero-order valence-corrected chi connectivity index (χ0v) is 21.2. The van der Waals surface area contributed by atoms with Gasteiger partial charge >= 0.3 is 0 Å². The monoisotopic (exact) mass is 564 g/mol. The van der Waals surface area contributed by atoms with Crippen molar-refractivity contribution in [3.8, 4) is 11.5 Å². The number of nitrogens with one attached hydrogen (secondary N) is 1. The summed E-state index contributed by atoms with van der Waals surface area (Å²) in [6, 6.07) is 25.7. The van der Waals surface area contributed by atoms with Crippen LogP contribution in [0.25, 0.3) is 10.8 Å². The molecule has 0 radical (unpaired) electrons. The molecule has 34 heavy (non-hydrogen) atoms. The molecule has 0 aliphatic heterocycles. The van der Waals surface area contributed by atoms with Gasteiger partial charge < -0.3 is 9.47 Å². The highest BCUT2D eigenvalue weighted by molar-refractivity contribution is 14.1. The number of ether oxygens (including phenoxy) is 2. The number of halogens is 1. The zero-order valence-electron chi connectivity index (χ0n) is 19.0. The first-order chi connectivity index (χ1) is 16.5. The molecule has 4 aromatic carbocycles. The number of hydrazone groups is 1. The molecule has 0 saturated heterocycles. The molecule has 0 aliphatic rings. The van der Waals surface area contributed by atoms with Crippen LogP contribution >= 0.6 is 22.6 Å². The number of carbonyl (C=O) groups is 1. The van der Waals surface area contributed by atoms with Gasteiger partial charge in [-0.2, -0.15) is 5.10 Å². The van der Waals surface area contributed by atoms with Crippen LogP contribution in [0.15, 0.2) is 84.0 Å². The second-order valence-corrected chi connectivity index (χ2v) is 8.92. The van der Waals surface area contributed by atoms with Gasteiger partial charge in [0.1, 0.15) is 6.61 Å². The maximum atomic E-state index is 12.3. The molecule has 0 aliphatic carbocycles. The Kier molecular flexibility index (Phi) is 7.80. The maximum Gasteiger partial charge on any atom is 0.271 e. The van der Waals surface area contributed by atoms with Crippen molar-refractivity contribution in [2.45, 2.75) is 20.5 Å². The van der Waals surface area contributed by atoms with Gasteiger partial charge in [0.15, 0.2) is 11.5 Å². The Morgan fingerprint density at radius 2 is 1.79 bits per heavy atom. The van der Waals surface area contributed by atoms with Gasteiger partial charge in [-0.15, -0.1) is 0 Å². The van der Waals surface area contributed by atoms with E-state index in [1.165, 1.54) is 10.8 Å². The van der Waals surface area contributed by atoms with Crippen LogP contribution in [0, 0.1) is 10.5 Å². The molecule has 6 heteroatoms. The Morgan fingerprint density at radius 3 is 2.62 bits per heavy atom. The van der Waals surface area contributed by atoms with E-state index in [0.29, 0.717) is 30.3 Å². The summed E-state index contributed by atoms with van der Waals surface area (Å²) in [6.07, 6.45) is 1.60. The number of hydrogen-bond acceptors (Lipinski definition) is 4. The minimum absolute atomic E-state index is 0.255. The minimum Gasteiger partial charge on any atom is -0.490 e. The van der Waals surface area contributed by atoms with Crippen molar-refractivity contribution in [2.75, 3.05) is 6.61 Å². The molecule has 0 bridgehead atoms. The van der Waals surface area contributed by atoms with Crippen molar-refractivity contribution in [1.29, 1.82) is 0 Å². The van der Waals surface area contributed by atoms with Gasteiger partial charge in [0.25, 0.3) is 5.91 Å². The predicted molar refractivity (Wildman–Crippen MR) is 145 cm³/mol. The summed E-state index contributed by atoms with van der Waals surface area (Å²) in [7, 11) is 0. The Bertz CT molecular complexity index is 1350. The second kappa shape index (κ2) is 11.2. The van der Waals surface area contributed by atoms with E-state index < -0.39 is 0 Å². The molecule has 0 aromatic heterocycles. The molecule has 0 atom stereocenters. The summed E-state index contributed by atoms with van der Waals surface area (Å²) in [6.45, 7) is 4.81. The fraction of sp³-hybridized carbons (Fsp3) is 0.143. The third kappa shape index (κ3) is 5.75. The highest BCUT2D eigenvalue weighted by Crippen LogP contribution is 2.35. The molecule has 0 fully saturated rings. The first kappa shape index (κ1) is 23.8. The number of amides is 1. The summed E-state index contributed by atoms with van der Waals surface area (Å²) in [5, 5.41) is 6.48. The quantitative estimate of drug-likeness (QED) is 0.151. The molecule has 4 aromatic rings. The lowest BCUT2D eigenvalue weighted by Gasteiger charge is -2.15. The highest BCUT2D eigenvalue weighted by atomic mass is 127. The number of hydrogen-bond donors (Lipinski definition) is 1. The smallest absolute Gasteiger partial charge is 0.271 e. The molecule has 0 saturated carbocycles. The number of carbonyl (C=O) groups excluding carboxylic acids is 1. The lowest BCUT2D eigenvalue weighted by atomic mass is 10.1. The Balaban J connectivity index is 1.51. The molecule has 1 N–H and O–H groups in total. The first-order valence-electron chi connectivity index (χ1n) is 11.0. The van der Waals surface area contributed by atoms with Crippen molar-refractivity contribution < 1.29 is 14.3 Å². The molecule has 0 unspecified atom stereocenters. The normalized spacial score (nSPS) is 11.0. The highest BCUT2D eigenvalue weighted by Gasteiger charge is 2.13. The van der Waals surface area contributed by atoms with Crippen LogP contribution in [0.1, 0.15) is 34.0 Å². The standard InChI is InChI=1S/C28H25IN2O3/c1-3-33-26-16-20(17-30-31-28(32)22-11-6-8-19(2)14-22)15-25(29)27(26)34-18-23-12-7-10-21-9-4-5-13-24(21)23/h4-17H,3,18H2,1-2H3,(H,31,32)/b30-17+. The summed E-state index contributed by atoms with van der Waals surface area (Å²) in [4.78, 5) is 12.3. The van der Waals surface area contributed by atoms with E-state index in [9.17, 15) is 4.79 Å². The van der Waals surface area contributed by atoms with Crippen molar-refractivity contribution in [2.24, 2.45) is 5.10 Å². The number of rotatable bonds is 8. The van der Waals surface area contributed by atoms with Crippen molar-refractivity contribution in [3.63, 3.8) is 0 Å². The molecule has 0 heterocycles. The van der Waals surface area contributed by atoms with Crippen molar-refractivity contribution >= 4 is 45.5 Å². The van der Waals surface area contributed by atoms with Crippen molar-refractivity contribution in [3.05, 3.63) is 105 Å². The van der Waals surface area contributed by atoms with Crippen LogP contribution < -0.4 is 14.9 Å². The van der Waals surface area contributed by atoms with Gasteiger partial charge in [-0.3, -0.25) is 4.79 Å². The van der Waals surface area contributed by atoms with E-state index in [4.69, 9.17) is 9.47 Å². The van der Waals surface area contributed by atoms with E-state index in [2.05, 4.69) is 57.4 Å². The summed E-state index contributed by atoms with van der Waals surface area (Å²) >= 11 is 2.24. The topological polar surface area (TPSA) is 59.9 Å². The fourth-order valence-electron chi connectivity index (χ4n) is 3.65. The average molecular weight is 564 g/mol. The molecule has 0 spiro atoms. The molecular weight excluding hydrogens is 539 g/mol. The molecule has 1 amide bonds. The summed E-state index contributed by atoms with van der Waals surface area (Å²) in [5.74, 6) is 1.08. The van der Waals surface area contributed by atoms with Crippen LogP contribution in [-0.2, 0) is 6.61 Å². The Morgan fingerprint density at radius 1 is 1.00 bits per heavy atom. The van der Waals surface area contributed by atoms with Gasteiger partial charge in [0.2, 0.25) is 0 Å². The van der Waals surface area contributed by atoms with Gasteiger partial charge in [-0.1, -0.05) is 60.2 Å². The SMILES string of the molecule is CCOc1cc(/C=N/NC(=O)c2cccc(C)c2)cc(I)c1OCc1cccc2ccccc12. The predicted octanol–water partition coefficient (Wildman–Crippen LogP) is 6.49. The van der Waals surface area contributed by atoms with Gasteiger partial charge in [-0.25, -0.2) is 5.43 Å². The van der Waals surface area contributed by atoms with E-state index in [1.807, 2.05) is 62.4 Å². The third-order valence-electron chi connectivity index (χ3n) is 5.24. The van der Waals surface area contributed by atoms with Crippen LogP contribution in [0.4, 0.5) is 0 Å². The largest absolute Gasteiger partial charge is 0.490 e. The average Bonchev–Trinajstić information content (AvgIpc) is 2.84. The van der Waals surface area contributed by atoms with E-state index >= 15 is 0 Å². The number of nitrogens with zero attached hydrogens (tertiary/aromatic N) is 1. The Hall–Kier alpha value is -3.39. The number of aryl methyl sites for hydroxylation is 1. The zero-order chi connectivity index (χ0) is 23.9. The minimum atomic E-state index is -0.255. The van der Waals surface area contributed by atoms with Crippen LogP contribution in [0.5, 0.6) is 11.5 Å². The van der Waals surface area contributed by atoms with Crippen LogP contribution in [0.2, 0.25) is 0 Å². The number of fused-ring (bicyclic) bond motifs is 1. The molecule has 5 nitrogen and oxygen atoms in total. The van der Waals surface area contributed by atoms with Crippen molar-refractivity contribution in [1.82, 2.24) is 5.43 Å². The van der Waals surface area contributed by atoms with E-state index in [-0.39, 0.29) is 5.91 Å². The summed E-state index contributed by atoms with van der Waals surface area (Å²) in [5.41, 5.74) is 6.08. The van der Waals surface area contributed by atoms with Gasteiger partial charge in [-0.05, 0) is 82.6 Å². The molecular formula is C28H25IN2O3. The van der Waals surface area contributed by atoms with Crippen LogP contribution in [0.3, 0.4) is 0 Å². The Labute approximate surface area is 212 Å². The third-order valence-corrected chi connectivity index (χ3v) is 6.04. The lowest BCUT2D eigenvalue weighted by molar-refractivity contribution is 0.0955. The molecule has 4 rings (SSSR count). The molecule has 172 valence electrons. The lowest BCUT2D eigenvalue weighted by Crippen LogP contribution is -2.17. The number of benzene rings is 4. The van der Waals surface area contributed by atoms with Crippen LogP contribution in [-0.4, -0.2) is 18.7 Å². The first-order valence-corrected chi connectivity index (χ1v) is 12.1. The van der Waals surface area contributed by atoms with Gasteiger partial charge in [0.05, 0.1) is 16.4 Å². The van der Waals surface area contributed by atoms with E-state index in [1.54, 1.807) is 12.3 Å². The van der Waals surface area contributed by atoms with E-state index in [0.717, 1.165) is 20.3 Å². The second-order valence-electron chi connectivity index (χ2n) is 7.76. The maximum absolute atomic E-state index is 12.3. The fourth-order valence-corrected chi connectivity index (χ4v) is 4.43.